The van der Waals surface area contributed by atoms with E-state index in [1.807, 2.05) is 48.7 Å². The van der Waals surface area contributed by atoms with Gasteiger partial charge in [0.2, 0.25) is 0 Å². The smallest absolute Gasteiger partial charge is 0.150 e. The van der Waals surface area contributed by atoms with E-state index in [9.17, 15) is 0 Å². The third kappa shape index (κ3) is 2.02. The number of nitrogen functional groups attached to an aromatic ring is 1. The van der Waals surface area contributed by atoms with Crippen LogP contribution in [0.1, 0.15) is 5.56 Å². The first-order valence-corrected chi connectivity index (χ1v) is 7.97. The minimum absolute atomic E-state index is 0.444. The summed E-state index contributed by atoms with van der Waals surface area (Å²) in [6.07, 6.45) is 3.46. The first-order chi connectivity index (χ1) is 11.6. The summed E-state index contributed by atoms with van der Waals surface area (Å²) in [5, 5.41) is 3.92. The highest BCUT2D eigenvalue weighted by molar-refractivity contribution is 6.34. The molecule has 0 fully saturated rings. The first-order valence-electron chi connectivity index (χ1n) is 7.59. The van der Waals surface area contributed by atoms with Crippen LogP contribution in [0, 0.1) is 6.92 Å². The number of rotatable bonds is 2. The Labute approximate surface area is 144 Å². The minimum atomic E-state index is 0.444. The van der Waals surface area contributed by atoms with E-state index in [2.05, 4.69) is 15.3 Å². The van der Waals surface area contributed by atoms with Gasteiger partial charge >= 0.3 is 0 Å². The molecule has 24 heavy (non-hydrogen) atoms. The summed E-state index contributed by atoms with van der Waals surface area (Å²) in [6.45, 7) is 2.04. The van der Waals surface area contributed by atoms with E-state index in [1.54, 1.807) is 12.5 Å². The van der Waals surface area contributed by atoms with Crippen molar-refractivity contribution in [2.75, 3.05) is 18.1 Å². The van der Waals surface area contributed by atoms with Crippen LogP contribution in [0.25, 0.3) is 27.7 Å². The maximum Gasteiger partial charge on any atom is 0.150 e. The Hall–Kier alpha value is -2.79. The van der Waals surface area contributed by atoms with Crippen LogP contribution in [0.2, 0.25) is 5.02 Å². The van der Waals surface area contributed by atoms with E-state index in [4.69, 9.17) is 17.3 Å². The molecule has 0 aliphatic rings. The third-order valence-electron chi connectivity index (χ3n) is 4.29. The van der Waals surface area contributed by atoms with E-state index in [0.717, 1.165) is 38.9 Å². The van der Waals surface area contributed by atoms with Gasteiger partial charge in [-0.25, -0.2) is 9.97 Å². The molecule has 0 atom stereocenters. The number of hydrogen-bond donors (Lipinski definition) is 2. The maximum absolute atomic E-state index is 6.52. The second-order valence-corrected chi connectivity index (χ2v) is 6.09. The van der Waals surface area contributed by atoms with Crippen LogP contribution in [-0.2, 0) is 0 Å². The van der Waals surface area contributed by atoms with Crippen LogP contribution in [0.5, 0.6) is 0 Å². The van der Waals surface area contributed by atoms with Crippen LogP contribution in [-0.4, -0.2) is 21.4 Å². The van der Waals surface area contributed by atoms with Crippen molar-refractivity contribution >= 4 is 39.7 Å². The van der Waals surface area contributed by atoms with E-state index in [1.165, 1.54) is 0 Å². The molecule has 0 spiro atoms. The van der Waals surface area contributed by atoms with Gasteiger partial charge in [0.05, 0.1) is 23.6 Å². The molecule has 4 aromatic rings. The Kier molecular flexibility index (Phi) is 3.32. The predicted octanol–water partition coefficient (Wildman–Crippen LogP) is 4.14. The lowest BCUT2D eigenvalue weighted by Crippen LogP contribution is -2.02. The van der Waals surface area contributed by atoms with Crippen LogP contribution < -0.4 is 11.1 Å². The topological polar surface area (TPSA) is 68.2 Å². The largest absolute Gasteiger partial charge is 0.388 e. The number of halogens is 1. The summed E-state index contributed by atoms with van der Waals surface area (Å²) < 4.78 is 1.95. The molecule has 0 aliphatic carbocycles. The van der Waals surface area contributed by atoms with Crippen molar-refractivity contribution in [1.82, 2.24) is 14.4 Å². The number of imidazole rings is 1. The number of nitrogens with two attached hydrogens (primary N) is 1. The minimum Gasteiger partial charge on any atom is -0.388 e. The molecule has 4 rings (SSSR count). The molecule has 120 valence electrons. The molecule has 3 N–H and O–H groups in total. The van der Waals surface area contributed by atoms with Gasteiger partial charge in [-0.3, -0.25) is 4.40 Å². The number of benzene rings is 2. The highest BCUT2D eigenvalue weighted by Gasteiger charge is 2.18. The standard InChI is InChI=1S/C18H16ClN5/c1-10-4-3-5-11(19)15(10)16-12(21-2)6-7-13-17(16)23-18(20)14-8-22-9-24(13)14/h3-9,21H,1-2H3,(H2,20,23). The van der Waals surface area contributed by atoms with Crippen molar-refractivity contribution in [1.29, 1.82) is 0 Å². The third-order valence-corrected chi connectivity index (χ3v) is 4.61. The van der Waals surface area contributed by atoms with E-state index in [0.29, 0.717) is 10.8 Å². The van der Waals surface area contributed by atoms with Crippen LogP contribution in [0.4, 0.5) is 11.5 Å². The van der Waals surface area contributed by atoms with Gasteiger partial charge in [-0.2, -0.15) is 0 Å². The quantitative estimate of drug-likeness (QED) is 0.577. The Morgan fingerprint density at radius 2 is 1.96 bits per heavy atom. The number of anilines is 2. The van der Waals surface area contributed by atoms with Crippen LogP contribution >= 0.6 is 11.6 Å². The molecule has 0 aliphatic heterocycles. The fraction of sp³-hybridized carbons (Fsp3) is 0.111. The summed E-state index contributed by atoms with van der Waals surface area (Å²) in [5.74, 6) is 0.444. The van der Waals surface area contributed by atoms with Crippen molar-refractivity contribution < 1.29 is 0 Å². The predicted molar refractivity (Wildman–Crippen MR) is 99.6 cm³/mol. The maximum atomic E-state index is 6.52. The highest BCUT2D eigenvalue weighted by atomic mass is 35.5. The fourth-order valence-electron chi connectivity index (χ4n) is 3.15. The van der Waals surface area contributed by atoms with Gasteiger partial charge in [0, 0.05) is 28.9 Å². The van der Waals surface area contributed by atoms with Gasteiger partial charge < -0.3 is 11.1 Å². The molecule has 5 nitrogen and oxygen atoms in total. The lowest BCUT2D eigenvalue weighted by molar-refractivity contribution is 1.19. The van der Waals surface area contributed by atoms with Crippen molar-refractivity contribution in [3.05, 3.63) is 53.4 Å². The average Bonchev–Trinajstić information content (AvgIpc) is 3.05. The normalized spacial score (nSPS) is 11.3. The molecule has 0 radical (unpaired) electrons. The van der Waals surface area contributed by atoms with Gasteiger partial charge in [-0.05, 0) is 30.7 Å². The van der Waals surface area contributed by atoms with E-state index < -0.39 is 0 Å². The molecule has 2 aromatic carbocycles. The van der Waals surface area contributed by atoms with Crippen molar-refractivity contribution in [3.63, 3.8) is 0 Å². The molecule has 6 heteroatoms. The molecule has 0 amide bonds. The number of aryl methyl sites for hydroxylation is 1. The molecular formula is C18H16ClN5. The molecule has 2 aromatic heterocycles. The number of hydrogen-bond acceptors (Lipinski definition) is 4. The molecular weight excluding hydrogens is 322 g/mol. The number of nitrogens with one attached hydrogen (secondary N) is 1. The second kappa shape index (κ2) is 5.39. The zero-order chi connectivity index (χ0) is 16.8. The monoisotopic (exact) mass is 337 g/mol. The summed E-state index contributed by atoms with van der Waals surface area (Å²) in [4.78, 5) is 8.86. The average molecular weight is 338 g/mol. The highest BCUT2D eigenvalue weighted by Crippen LogP contribution is 2.40. The SMILES string of the molecule is CNc1ccc2c(nc(N)c3cncn32)c1-c1c(C)cccc1Cl. The molecule has 0 bridgehead atoms. The van der Waals surface area contributed by atoms with E-state index in [-0.39, 0.29) is 0 Å². The molecule has 0 saturated heterocycles. The lowest BCUT2D eigenvalue weighted by Gasteiger charge is -2.17. The van der Waals surface area contributed by atoms with E-state index >= 15 is 0 Å². The Morgan fingerprint density at radius 1 is 1.12 bits per heavy atom. The van der Waals surface area contributed by atoms with Crippen molar-refractivity contribution in [3.8, 4) is 11.1 Å². The van der Waals surface area contributed by atoms with Gasteiger partial charge in [-0.1, -0.05) is 23.7 Å². The van der Waals surface area contributed by atoms with Crippen LogP contribution in [0.3, 0.4) is 0 Å². The van der Waals surface area contributed by atoms with Crippen molar-refractivity contribution in [2.24, 2.45) is 0 Å². The fourth-order valence-corrected chi connectivity index (χ4v) is 3.47. The van der Waals surface area contributed by atoms with Gasteiger partial charge in [-0.15, -0.1) is 0 Å². The Morgan fingerprint density at radius 3 is 2.71 bits per heavy atom. The number of aromatic nitrogens is 3. The number of nitrogens with zero attached hydrogens (tertiary/aromatic N) is 3. The van der Waals surface area contributed by atoms with Gasteiger partial charge in [0.25, 0.3) is 0 Å². The zero-order valence-electron chi connectivity index (χ0n) is 13.3. The Bertz CT molecular complexity index is 1060. The Balaban J connectivity index is 2.23. The molecule has 0 unspecified atom stereocenters. The second-order valence-electron chi connectivity index (χ2n) is 5.68. The first kappa shape index (κ1) is 14.8. The van der Waals surface area contributed by atoms with Gasteiger partial charge in [0.1, 0.15) is 11.3 Å². The summed E-state index contributed by atoms with van der Waals surface area (Å²) in [7, 11) is 1.88. The zero-order valence-corrected chi connectivity index (χ0v) is 14.1. The van der Waals surface area contributed by atoms with Crippen molar-refractivity contribution in [2.45, 2.75) is 6.92 Å². The summed E-state index contributed by atoms with van der Waals surface area (Å²) in [5.41, 5.74) is 12.6. The molecule has 0 saturated carbocycles. The summed E-state index contributed by atoms with van der Waals surface area (Å²) in [6, 6.07) is 9.91. The van der Waals surface area contributed by atoms with Gasteiger partial charge in [0.15, 0.2) is 0 Å². The van der Waals surface area contributed by atoms with Crippen LogP contribution in [0.15, 0.2) is 42.9 Å². The lowest BCUT2D eigenvalue weighted by atomic mass is 9.97. The number of fused-ring (bicyclic) bond motifs is 3. The molecule has 2 heterocycles. The summed E-state index contributed by atoms with van der Waals surface area (Å²) >= 11 is 6.52.